The maximum Gasteiger partial charge on any atom is 0.256 e. The van der Waals surface area contributed by atoms with Crippen LogP contribution in [0.5, 0.6) is 0 Å². The molecule has 0 aliphatic rings. The van der Waals surface area contributed by atoms with E-state index in [2.05, 4.69) is 20.7 Å². The standard InChI is InChI=1S/C18H17Cl2F2N5O2S/c1-2-30(28,29)27-18(24-10-12-14(20)6-4-8-16(12)22)25-17(26-27)23-9-11-13(19)5-3-7-15(11)21/h3-8H,2,9-10H2,1H3,(H2,23,24,25,26). The lowest BCUT2D eigenvalue weighted by Crippen LogP contribution is -2.19. The number of benzene rings is 2. The summed E-state index contributed by atoms with van der Waals surface area (Å²) in [6.45, 7) is 1.25. The summed E-state index contributed by atoms with van der Waals surface area (Å²) in [4.78, 5) is 4.09. The van der Waals surface area contributed by atoms with Crippen molar-refractivity contribution in [2.75, 3.05) is 16.4 Å². The first kappa shape index (κ1) is 22.3. The van der Waals surface area contributed by atoms with Gasteiger partial charge < -0.3 is 10.6 Å². The minimum absolute atomic E-state index is 0.0692. The van der Waals surface area contributed by atoms with E-state index < -0.39 is 21.7 Å². The van der Waals surface area contributed by atoms with Crippen molar-refractivity contribution in [3.8, 4) is 0 Å². The van der Waals surface area contributed by atoms with Crippen LogP contribution in [0.15, 0.2) is 36.4 Å². The van der Waals surface area contributed by atoms with E-state index in [0.717, 1.165) is 0 Å². The molecular weight excluding hydrogens is 459 g/mol. The predicted molar refractivity (Wildman–Crippen MR) is 112 cm³/mol. The summed E-state index contributed by atoms with van der Waals surface area (Å²) < 4.78 is 53.4. The molecule has 2 aromatic carbocycles. The number of rotatable bonds is 8. The lowest BCUT2D eigenvalue weighted by molar-refractivity contribution is 0.581. The molecule has 3 aromatic rings. The normalized spacial score (nSPS) is 11.5. The van der Waals surface area contributed by atoms with Gasteiger partial charge >= 0.3 is 0 Å². The molecule has 0 aliphatic carbocycles. The molecule has 0 atom stereocenters. The smallest absolute Gasteiger partial charge is 0.256 e. The van der Waals surface area contributed by atoms with Crippen LogP contribution in [0.2, 0.25) is 10.0 Å². The average molecular weight is 476 g/mol. The van der Waals surface area contributed by atoms with E-state index in [1.54, 1.807) is 0 Å². The molecule has 0 saturated heterocycles. The van der Waals surface area contributed by atoms with Crippen molar-refractivity contribution in [1.82, 2.24) is 14.2 Å². The molecule has 0 bridgehead atoms. The van der Waals surface area contributed by atoms with E-state index in [4.69, 9.17) is 23.2 Å². The van der Waals surface area contributed by atoms with Crippen LogP contribution >= 0.6 is 23.2 Å². The summed E-state index contributed by atoms with van der Waals surface area (Å²) in [5.74, 6) is -1.54. The van der Waals surface area contributed by atoms with Crippen molar-refractivity contribution in [3.05, 3.63) is 69.2 Å². The lowest BCUT2D eigenvalue weighted by Gasteiger charge is -2.09. The summed E-state index contributed by atoms with van der Waals surface area (Å²) in [6.07, 6.45) is 0. The fourth-order valence-corrected chi connectivity index (χ4v) is 3.81. The summed E-state index contributed by atoms with van der Waals surface area (Å²) in [7, 11) is -3.82. The van der Waals surface area contributed by atoms with Gasteiger partial charge in [0.25, 0.3) is 10.0 Å². The molecule has 1 aromatic heterocycles. The highest BCUT2D eigenvalue weighted by Gasteiger charge is 2.21. The number of nitrogens with zero attached hydrogens (tertiary/aromatic N) is 3. The van der Waals surface area contributed by atoms with Gasteiger partial charge in [0.05, 0.1) is 5.75 Å². The zero-order valence-corrected chi connectivity index (χ0v) is 18.0. The molecule has 30 heavy (non-hydrogen) atoms. The molecule has 0 spiro atoms. The Bertz CT molecular complexity index is 1130. The molecule has 0 fully saturated rings. The molecule has 7 nitrogen and oxygen atoms in total. The van der Waals surface area contributed by atoms with Crippen LogP contribution in [-0.4, -0.2) is 28.3 Å². The average Bonchev–Trinajstić information content (AvgIpc) is 3.11. The molecule has 0 unspecified atom stereocenters. The quantitative estimate of drug-likeness (QED) is 0.505. The second kappa shape index (κ2) is 9.15. The number of hydrogen-bond donors (Lipinski definition) is 2. The van der Waals surface area contributed by atoms with E-state index in [1.165, 1.54) is 43.3 Å². The van der Waals surface area contributed by atoms with Crippen LogP contribution in [0.1, 0.15) is 18.1 Å². The maximum atomic E-state index is 14.0. The van der Waals surface area contributed by atoms with Gasteiger partial charge in [0, 0.05) is 34.3 Å². The largest absolute Gasteiger partial charge is 0.349 e. The van der Waals surface area contributed by atoms with Crippen molar-refractivity contribution in [2.24, 2.45) is 0 Å². The Morgan fingerprint density at radius 1 is 0.967 bits per heavy atom. The lowest BCUT2D eigenvalue weighted by atomic mass is 10.2. The summed E-state index contributed by atoms with van der Waals surface area (Å²) in [5.41, 5.74) is 0.330. The second-order valence-electron chi connectivity index (χ2n) is 6.11. The number of anilines is 2. The maximum absolute atomic E-state index is 14.0. The molecule has 0 saturated carbocycles. The van der Waals surface area contributed by atoms with Gasteiger partial charge in [0.1, 0.15) is 11.6 Å². The van der Waals surface area contributed by atoms with E-state index in [0.29, 0.717) is 4.09 Å². The number of nitrogens with one attached hydrogen (secondary N) is 2. The fraction of sp³-hybridized carbons (Fsp3) is 0.222. The van der Waals surface area contributed by atoms with Gasteiger partial charge in [-0.3, -0.25) is 0 Å². The van der Waals surface area contributed by atoms with Crippen LogP contribution in [0.25, 0.3) is 0 Å². The Morgan fingerprint density at radius 3 is 2.00 bits per heavy atom. The van der Waals surface area contributed by atoms with Gasteiger partial charge in [-0.25, -0.2) is 17.2 Å². The SMILES string of the molecule is CCS(=O)(=O)n1nc(NCc2c(F)cccc2Cl)nc1NCc1c(F)cccc1Cl. The van der Waals surface area contributed by atoms with Gasteiger partial charge in [-0.05, 0) is 31.2 Å². The minimum atomic E-state index is -3.82. The van der Waals surface area contributed by atoms with Gasteiger partial charge in [0.2, 0.25) is 11.9 Å². The van der Waals surface area contributed by atoms with Crippen LogP contribution in [-0.2, 0) is 23.1 Å². The van der Waals surface area contributed by atoms with Crippen molar-refractivity contribution in [2.45, 2.75) is 20.0 Å². The molecule has 0 radical (unpaired) electrons. The van der Waals surface area contributed by atoms with Crippen molar-refractivity contribution < 1.29 is 17.2 Å². The zero-order chi connectivity index (χ0) is 21.9. The Hall–Kier alpha value is -2.43. The summed E-state index contributed by atoms with van der Waals surface area (Å²) >= 11 is 12.0. The molecule has 0 aliphatic heterocycles. The van der Waals surface area contributed by atoms with Gasteiger partial charge in [-0.2, -0.15) is 4.98 Å². The third-order valence-electron chi connectivity index (χ3n) is 4.18. The molecule has 2 N–H and O–H groups in total. The van der Waals surface area contributed by atoms with Crippen LogP contribution in [0, 0.1) is 11.6 Å². The molecule has 1 heterocycles. The third kappa shape index (κ3) is 4.82. The van der Waals surface area contributed by atoms with Crippen molar-refractivity contribution in [3.63, 3.8) is 0 Å². The van der Waals surface area contributed by atoms with E-state index in [-0.39, 0.29) is 51.9 Å². The summed E-state index contributed by atoms with van der Waals surface area (Å²) in [6, 6.07) is 8.46. The zero-order valence-electron chi connectivity index (χ0n) is 15.7. The highest BCUT2D eigenvalue weighted by molar-refractivity contribution is 7.89. The van der Waals surface area contributed by atoms with Gasteiger partial charge in [-0.1, -0.05) is 35.3 Å². The highest BCUT2D eigenvalue weighted by atomic mass is 35.5. The predicted octanol–water partition coefficient (Wildman–Crippen LogP) is 4.29. The molecule has 0 amide bonds. The highest BCUT2D eigenvalue weighted by Crippen LogP contribution is 2.22. The third-order valence-corrected chi connectivity index (χ3v) is 6.40. The Balaban J connectivity index is 1.86. The number of hydrogen-bond acceptors (Lipinski definition) is 6. The fourth-order valence-electron chi connectivity index (χ4n) is 2.53. The van der Waals surface area contributed by atoms with Gasteiger partial charge in [-0.15, -0.1) is 9.19 Å². The van der Waals surface area contributed by atoms with E-state index in [9.17, 15) is 17.2 Å². The number of halogens is 4. The first-order valence-corrected chi connectivity index (χ1v) is 11.1. The molecule has 12 heteroatoms. The summed E-state index contributed by atoms with van der Waals surface area (Å²) in [5, 5.41) is 9.81. The molecular formula is C18H17Cl2F2N5O2S. The van der Waals surface area contributed by atoms with Crippen LogP contribution < -0.4 is 10.6 Å². The van der Waals surface area contributed by atoms with E-state index >= 15 is 0 Å². The second-order valence-corrected chi connectivity index (χ2v) is 9.01. The van der Waals surface area contributed by atoms with Crippen molar-refractivity contribution in [1.29, 1.82) is 0 Å². The first-order valence-electron chi connectivity index (χ1n) is 8.76. The van der Waals surface area contributed by atoms with Crippen LogP contribution in [0.4, 0.5) is 20.7 Å². The van der Waals surface area contributed by atoms with Crippen LogP contribution in [0.3, 0.4) is 0 Å². The Labute approximate surface area is 182 Å². The van der Waals surface area contributed by atoms with Crippen molar-refractivity contribution >= 4 is 45.1 Å². The number of aromatic nitrogens is 3. The topological polar surface area (TPSA) is 88.9 Å². The first-order chi connectivity index (χ1) is 14.2. The monoisotopic (exact) mass is 475 g/mol. The molecule has 3 rings (SSSR count). The minimum Gasteiger partial charge on any atom is -0.349 e. The Morgan fingerprint density at radius 2 is 1.50 bits per heavy atom. The molecule has 160 valence electrons. The Kier molecular flexibility index (Phi) is 6.79. The van der Waals surface area contributed by atoms with E-state index in [1.807, 2.05) is 0 Å². The van der Waals surface area contributed by atoms with Gasteiger partial charge in [0.15, 0.2) is 0 Å².